The van der Waals surface area contributed by atoms with Crippen LogP contribution in [0, 0.1) is 40.9 Å². The van der Waals surface area contributed by atoms with E-state index in [9.17, 15) is 0 Å². The Bertz CT molecular complexity index is 418. The standard InChI is InChI=1S/C17H24B/c1-2-9-6-11(3-1)18-16-12-4-5-17-10(8-14(16)17)7-13(17)15(9)12/h9-16H,1-8H2. The fraction of sp³-hybridized carbons (Fsp3) is 1.00. The zero-order chi connectivity index (χ0) is 11.5. The van der Waals surface area contributed by atoms with E-state index >= 15 is 0 Å². The van der Waals surface area contributed by atoms with Crippen molar-refractivity contribution in [1.29, 1.82) is 0 Å². The number of rotatable bonds is 0. The Balaban J connectivity index is 1.52. The average molecular weight is 239 g/mol. The summed E-state index contributed by atoms with van der Waals surface area (Å²) in [5.41, 5.74) is 0.929. The van der Waals surface area contributed by atoms with Gasteiger partial charge in [-0.25, -0.2) is 0 Å². The van der Waals surface area contributed by atoms with Gasteiger partial charge in [0.1, 0.15) is 7.28 Å². The van der Waals surface area contributed by atoms with Crippen LogP contribution in [0.5, 0.6) is 0 Å². The maximum absolute atomic E-state index is 2.92. The van der Waals surface area contributed by atoms with E-state index < -0.39 is 0 Å². The molecule has 1 radical (unpaired) electrons. The highest BCUT2D eigenvalue weighted by Crippen LogP contribution is 2.84. The molecule has 0 aromatic rings. The summed E-state index contributed by atoms with van der Waals surface area (Å²) in [5, 5.41) is 0. The summed E-state index contributed by atoms with van der Waals surface area (Å²) >= 11 is 0. The van der Waals surface area contributed by atoms with Crippen LogP contribution in [-0.4, -0.2) is 7.28 Å². The average Bonchev–Trinajstić information content (AvgIpc) is 2.49. The quantitative estimate of drug-likeness (QED) is 0.557. The summed E-state index contributed by atoms with van der Waals surface area (Å²) < 4.78 is 0. The lowest BCUT2D eigenvalue weighted by molar-refractivity contribution is -0.297. The SMILES string of the molecule is [B]1C2CCCC(C2)C2C3CCC45C(CC4C13)CC25. The molecular weight excluding hydrogens is 215 g/mol. The molecule has 0 amide bonds. The van der Waals surface area contributed by atoms with Gasteiger partial charge in [0.15, 0.2) is 0 Å². The molecule has 1 heteroatoms. The van der Waals surface area contributed by atoms with Crippen molar-refractivity contribution in [3.63, 3.8) is 0 Å². The third kappa shape index (κ3) is 0.835. The lowest BCUT2D eigenvalue weighted by Gasteiger charge is -2.80. The molecule has 9 unspecified atom stereocenters. The van der Waals surface area contributed by atoms with E-state index in [0.717, 1.165) is 28.9 Å². The Hall–Kier alpha value is 0.0649. The van der Waals surface area contributed by atoms with Crippen LogP contribution in [0.1, 0.15) is 51.4 Å². The van der Waals surface area contributed by atoms with E-state index in [4.69, 9.17) is 0 Å². The van der Waals surface area contributed by atoms with Crippen LogP contribution in [0.3, 0.4) is 0 Å². The van der Waals surface area contributed by atoms with Gasteiger partial charge < -0.3 is 0 Å². The normalized spacial score (nSPS) is 70.2. The molecule has 18 heavy (non-hydrogen) atoms. The second-order valence-corrected chi connectivity index (χ2v) is 8.73. The second kappa shape index (κ2) is 2.89. The molecule has 7 rings (SSSR count). The number of hydrogen-bond acceptors (Lipinski definition) is 0. The highest BCUT2D eigenvalue weighted by molar-refractivity contribution is 6.40. The van der Waals surface area contributed by atoms with Crippen molar-refractivity contribution in [3.8, 4) is 0 Å². The molecule has 0 aromatic carbocycles. The predicted octanol–water partition coefficient (Wildman–Crippen LogP) is 4.15. The third-order valence-electron chi connectivity index (χ3n) is 8.84. The van der Waals surface area contributed by atoms with E-state index in [1.54, 1.807) is 51.4 Å². The van der Waals surface area contributed by atoms with Crippen molar-refractivity contribution in [2.75, 3.05) is 0 Å². The van der Waals surface area contributed by atoms with Gasteiger partial charge in [-0.15, -0.1) is 0 Å². The molecular formula is C17H24B. The van der Waals surface area contributed by atoms with Gasteiger partial charge in [0, 0.05) is 0 Å². The third-order valence-corrected chi connectivity index (χ3v) is 8.84. The minimum Gasteiger partial charge on any atom is -0.0683 e. The molecule has 1 saturated heterocycles. The molecule has 6 bridgehead atoms. The predicted molar refractivity (Wildman–Crippen MR) is 73.6 cm³/mol. The zero-order valence-corrected chi connectivity index (χ0v) is 11.4. The van der Waals surface area contributed by atoms with Gasteiger partial charge in [0.2, 0.25) is 0 Å². The van der Waals surface area contributed by atoms with E-state index in [-0.39, 0.29) is 0 Å². The van der Waals surface area contributed by atoms with Crippen molar-refractivity contribution in [3.05, 3.63) is 0 Å². The zero-order valence-electron chi connectivity index (χ0n) is 11.4. The number of fused-ring (bicyclic) bond motifs is 3. The summed E-state index contributed by atoms with van der Waals surface area (Å²) in [4.78, 5) is 0. The monoisotopic (exact) mass is 239 g/mol. The summed E-state index contributed by atoms with van der Waals surface area (Å²) in [7, 11) is 2.92. The van der Waals surface area contributed by atoms with Crippen LogP contribution in [0.15, 0.2) is 0 Å². The van der Waals surface area contributed by atoms with Gasteiger partial charge in [0.25, 0.3) is 0 Å². The van der Waals surface area contributed by atoms with Crippen LogP contribution < -0.4 is 0 Å². The van der Waals surface area contributed by atoms with Crippen LogP contribution in [0.4, 0.5) is 0 Å². The van der Waals surface area contributed by atoms with Crippen molar-refractivity contribution in [2.24, 2.45) is 40.9 Å². The van der Waals surface area contributed by atoms with Crippen molar-refractivity contribution in [1.82, 2.24) is 0 Å². The fourth-order valence-electron chi connectivity index (χ4n) is 8.47. The summed E-state index contributed by atoms with van der Waals surface area (Å²) in [6.45, 7) is 0. The molecule has 0 N–H and O–H groups in total. The maximum Gasteiger partial charge on any atom is 0.118 e. The van der Waals surface area contributed by atoms with Gasteiger partial charge in [-0.1, -0.05) is 43.7 Å². The lowest BCUT2D eigenvalue weighted by Crippen LogP contribution is -2.73. The Labute approximate surface area is 112 Å². The molecule has 6 aliphatic carbocycles. The number of hydrogen-bond donors (Lipinski definition) is 0. The summed E-state index contributed by atoms with van der Waals surface area (Å²) in [5.74, 6) is 9.21. The van der Waals surface area contributed by atoms with Crippen LogP contribution >= 0.6 is 0 Å². The van der Waals surface area contributed by atoms with E-state index in [1.807, 2.05) is 0 Å². The van der Waals surface area contributed by atoms with E-state index in [1.165, 1.54) is 23.7 Å². The molecule has 0 aromatic heterocycles. The van der Waals surface area contributed by atoms with Gasteiger partial charge in [-0.2, -0.15) is 0 Å². The molecule has 7 aliphatic rings. The topological polar surface area (TPSA) is 0 Å². The first-order valence-corrected chi connectivity index (χ1v) is 8.73. The molecule has 95 valence electrons. The molecule has 0 nitrogen and oxygen atoms in total. The molecule has 9 atom stereocenters. The fourth-order valence-corrected chi connectivity index (χ4v) is 8.47. The lowest BCUT2D eigenvalue weighted by atomic mass is 9.21. The van der Waals surface area contributed by atoms with Gasteiger partial charge >= 0.3 is 0 Å². The molecule has 1 spiro atoms. The largest absolute Gasteiger partial charge is 0.118 e. The Morgan fingerprint density at radius 1 is 0.944 bits per heavy atom. The summed E-state index contributed by atoms with van der Waals surface area (Å²) in [6.07, 6.45) is 12.9. The Kier molecular flexibility index (Phi) is 1.59. The Morgan fingerprint density at radius 3 is 2.83 bits per heavy atom. The highest BCUT2D eigenvalue weighted by Gasteiger charge is 2.76. The van der Waals surface area contributed by atoms with Crippen LogP contribution in [-0.2, 0) is 0 Å². The molecule has 1 aliphatic heterocycles. The summed E-state index contributed by atoms with van der Waals surface area (Å²) in [6, 6.07) is 0. The van der Waals surface area contributed by atoms with Gasteiger partial charge in [-0.3, -0.25) is 0 Å². The second-order valence-electron chi connectivity index (χ2n) is 8.73. The highest BCUT2D eigenvalue weighted by atomic mass is 14.8. The minimum absolute atomic E-state index is 0.929. The smallest absolute Gasteiger partial charge is 0.0683 e. The maximum atomic E-state index is 2.92. The molecule has 7 fully saturated rings. The first-order chi connectivity index (χ1) is 8.88. The van der Waals surface area contributed by atoms with Gasteiger partial charge in [0.05, 0.1) is 0 Å². The van der Waals surface area contributed by atoms with E-state index in [0.29, 0.717) is 0 Å². The van der Waals surface area contributed by atoms with Crippen molar-refractivity contribution < 1.29 is 0 Å². The van der Waals surface area contributed by atoms with Crippen molar-refractivity contribution in [2.45, 2.75) is 63.0 Å². The van der Waals surface area contributed by atoms with E-state index in [2.05, 4.69) is 7.28 Å². The van der Waals surface area contributed by atoms with Gasteiger partial charge in [-0.05, 0) is 60.2 Å². The molecule has 6 saturated carbocycles. The molecule has 1 heterocycles. The Morgan fingerprint density at radius 2 is 1.89 bits per heavy atom. The van der Waals surface area contributed by atoms with Crippen LogP contribution in [0.25, 0.3) is 0 Å². The van der Waals surface area contributed by atoms with Crippen LogP contribution in [0.2, 0.25) is 11.6 Å². The van der Waals surface area contributed by atoms with Crippen molar-refractivity contribution >= 4 is 7.28 Å². The first-order valence-electron chi connectivity index (χ1n) is 8.73. The minimum atomic E-state index is 0.929. The first kappa shape index (κ1) is 9.89.